The number of benzene rings is 3. The molecule has 0 bridgehead atoms. The Kier molecular flexibility index (Phi) is 8.51. The molecule has 34 heavy (non-hydrogen) atoms. The molecule has 0 aromatic heterocycles. The van der Waals surface area contributed by atoms with Gasteiger partial charge in [-0.1, -0.05) is 35.3 Å². The van der Waals surface area contributed by atoms with Crippen LogP contribution in [0, 0.1) is 13.8 Å². The maximum Gasteiger partial charge on any atom is 0.338 e. The van der Waals surface area contributed by atoms with Crippen LogP contribution >= 0.6 is 23.2 Å². The van der Waals surface area contributed by atoms with Gasteiger partial charge in [0.05, 0.1) is 5.56 Å². The van der Waals surface area contributed by atoms with Crippen molar-refractivity contribution in [3.8, 4) is 5.75 Å². The van der Waals surface area contributed by atoms with Gasteiger partial charge in [-0.3, -0.25) is 9.59 Å². The highest BCUT2D eigenvalue weighted by atomic mass is 35.5. The first-order chi connectivity index (χ1) is 16.2. The molecule has 0 atom stereocenters. The van der Waals surface area contributed by atoms with Gasteiger partial charge in [0.25, 0.3) is 11.8 Å². The van der Waals surface area contributed by atoms with Gasteiger partial charge < -0.3 is 20.1 Å². The number of ether oxygens (including phenoxy) is 2. The Balaban J connectivity index is 1.46. The monoisotopic (exact) mass is 500 g/mol. The molecule has 3 aromatic carbocycles. The summed E-state index contributed by atoms with van der Waals surface area (Å²) in [6.07, 6.45) is 0. The summed E-state index contributed by atoms with van der Waals surface area (Å²) in [5.41, 5.74) is 3.09. The number of aryl methyl sites for hydroxylation is 2. The third-order valence-electron chi connectivity index (χ3n) is 4.74. The highest BCUT2D eigenvalue weighted by molar-refractivity contribution is 6.31. The average Bonchev–Trinajstić information content (AvgIpc) is 2.81. The van der Waals surface area contributed by atoms with Gasteiger partial charge in [-0.25, -0.2) is 4.79 Å². The molecule has 0 aliphatic rings. The fraction of sp³-hybridized carbons (Fsp3) is 0.160. The Morgan fingerprint density at radius 1 is 0.735 bits per heavy atom. The first kappa shape index (κ1) is 25.1. The topological polar surface area (TPSA) is 93.7 Å². The van der Waals surface area contributed by atoms with E-state index in [0.29, 0.717) is 27.2 Å². The number of esters is 1. The summed E-state index contributed by atoms with van der Waals surface area (Å²) >= 11 is 11.9. The molecule has 2 N–H and O–H groups in total. The Morgan fingerprint density at radius 3 is 1.76 bits per heavy atom. The molecular formula is C25H22Cl2N2O5. The van der Waals surface area contributed by atoms with Crippen molar-refractivity contribution in [2.45, 2.75) is 13.8 Å². The summed E-state index contributed by atoms with van der Waals surface area (Å²) in [7, 11) is 0. The minimum Gasteiger partial charge on any atom is -0.484 e. The fourth-order valence-electron chi connectivity index (χ4n) is 2.88. The summed E-state index contributed by atoms with van der Waals surface area (Å²) in [6, 6.07) is 16.3. The van der Waals surface area contributed by atoms with Crippen LogP contribution in [0.1, 0.15) is 21.5 Å². The Bertz CT molecular complexity index is 1210. The van der Waals surface area contributed by atoms with Gasteiger partial charge in [0, 0.05) is 21.4 Å². The first-order valence-corrected chi connectivity index (χ1v) is 11.0. The lowest BCUT2D eigenvalue weighted by Crippen LogP contribution is -2.21. The van der Waals surface area contributed by atoms with E-state index in [1.165, 1.54) is 24.3 Å². The van der Waals surface area contributed by atoms with E-state index in [2.05, 4.69) is 10.6 Å². The Labute approximate surface area is 207 Å². The van der Waals surface area contributed by atoms with Gasteiger partial charge in [-0.05, 0) is 73.5 Å². The second-order valence-electron chi connectivity index (χ2n) is 7.40. The molecule has 0 saturated heterocycles. The molecule has 0 heterocycles. The largest absolute Gasteiger partial charge is 0.484 e. The van der Waals surface area contributed by atoms with E-state index < -0.39 is 18.5 Å². The lowest BCUT2D eigenvalue weighted by atomic mass is 10.2. The number of nitrogens with one attached hydrogen (secondary N) is 2. The van der Waals surface area contributed by atoms with E-state index in [0.717, 1.165) is 11.1 Å². The molecular weight excluding hydrogens is 479 g/mol. The molecule has 0 aliphatic carbocycles. The van der Waals surface area contributed by atoms with Crippen molar-refractivity contribution in [3.05, 3.63) is 87.4 Å². The molecule has 9 heteroatoms. The predicted octanol–water partition coefficient (Wildman–Crippen LogP) is 5.42. The van der Waals surface area contributed by atoms with Gasteiger partial charge in [0.1, 0.15) is 5.75 Å². The zero-order valence-electron chi connectivity index (χ0n) is 18.5. The quantitative estimate of drug-likeness (QED) is 0.402. The highest BCUT2D eigenvalue weighted by Crippen LogP contribution is 2.21. The number of rotatable bonds is 8. The van der Waals surface area contributed by atoms with Crippen molar-refractivity contribution in [2.24, 2.45) is 0 Å². The number of hydrogen-bond acceptors (Lipinski definition) is 5. The molecule has 2 amide bonds. The number of carbonyl (C=O) groups is 3. The van der Waals surface area contributed by atoms with Gasteiger partial charge in [-0.2, -0.15) is 0 Å². The third kappa shape index (κ3) is 7.23. The van der Waals surface area contributed by atoms with Crippen molar-refractivity contribution < 1.29 is 23.9 Å². The van der Waals surface area contributed by atoms with E-state index in [4.69, 9.17) is 32.7 Å². The van der Waals surface area contributed by atoms with Crippen molar-refractivity contribution in [1.29, 1.82) is 0 Å². The highest BCUT2D eigenvalue weighted by Gasteiger charge is 2.12. The van der Waals surface area contributed by atoms with Crippen molar-refractivity contribution >= 4 is 52.4 Å². The van der Waals surface area contributed by atoms with Gasteiger partial charge in [0.2, 0.25) is 0 Å². The van der Waals surface area contributed by atoms with Gasteiger partial charge in [-0.15, -0.1) is 0 Å². The van der Waals surface area contributed by atoms with Crippen LogP contribution in [-0.4, -0.2) is 31.0 Å². The van der Waals surface area contributed by atoms with Gasteiger partial charge >= 0.3 is 5.97 Å². The van der Waals surface area contributed by atoms with Crippen LogP contribution in [0.2, 0.25) is 10.0 Å². The van der Waals surface area contributed by atoms with Crippen molar-refractivity contribution in [3.63, 3.8) is 0 Å². The van der Waals surface area contributed by atoms with Crippen LogP contribution in [0.25, 0.3) is 0 Å². The van der Waals surface area contributed by atoms with Crippen LogP contribution in [0.5, 0.6) is 5.75 Å². The molecule has 176 valence electrons. The molecule has 0 saturated carbocycles. The minimum absolute atomic E-state index is 0.223. The molecule has 0 spiro atoms. The maximum absolute atomic E-state index is 12.2. The van der Waals surface area contributed by atoms with Crippen LogP contribution in [0.3, 0.4) is 0 Å². The molecule has 7 nitrogen and oxygen atoms in total. The maximum atomic E-state index is 12.2. The Hall–Kier alpha value is -3.55. The fourth-order valence-corrected chi connectivity index (χ4v) is 3.23. The number of anilines is 2. The average molecular weight is 501 g/mol. The summed E-state index contributed by atoms with van der Waals surface area (Å²) in [4.78, 5) is 36.5. The Morgan fingerprint density at radius 2 is 1.24 bits per heavy atom. The smallest absolute Gasteiger partial charge is 0.338 e. The third-order valence-corrected chi connectivity index (χ3v) is 5.21. The second-order valence-corrected chi connectivity index (χ2v) is 8.28. The summed E-state index contributed by atoms with van der Waals surface area (Å²) < 4.78 is 10.5. The molecule has 0 radical (unpaired) electrons. The van der Waals surface area contributed by atoms with Crippen LogP contribution in [0.15, 0.2) is 60.7 Å². The lowest BCUT2D eigenvalue weighted by molar-refractivity contribution is -0.119. The lowest BCUT2D eigenvalue weighted by Gasteiger charge is -2.11. The number of hydrogen-bond donors (Lipinski definition) is 2. The number of halogens is 2. The first-order valence-electron chi connectivity index (χ1n) is 10.2. The van der Waals surface area contributed by atoms with E-state index in [9.17, 15) is 14.4 Å². The van der Waals surface area contributed by atoms with E-state index >= 15 is 0 Å². The normalized spacial score (nSPS) is 10.4. The standard InChI is InChI=1S/C25H22Cl2N2O5/c1-15-3-7-18(26)11-21(15)28-23(30)13-33-20-9-5-17(6-10-20)25(32)34-14-24(31)29-22-12-19(27)8-4-16(22)2/h3-12H,13-14H2,1-2H3,(H,28,30)(H,29,31). The van der Waals surface area contributed by atoms with Crippen molar-refractivity contribution in [1.82, 2.24) is 0 Å². The van der Waals surface area contributed by atoms with E-state index in [-0.39, 0.29) is 18.1 Å². The van der Waals surface area contributed by atoms with Crippen LogP contribution in [-0.2, 0) is 14.3 Å². The van der Waals surface area contributed by atoms with E-state index in [1.807, 2.05) is 13.8 Å². The summed E-state index contributed by atoms with van der Waals surface area (Å²) in [5.74, 6) is -1.11. The number of amides is 2. The summed E-state index contributed by atoms with van der Waals surface area (Å²) in [5, 5.41) is 6.39. The molecule has 0 unspecified atom stereocenters. The van der Waals surface area contributed by atoms with E-state index in [1.54, 1.807) is 36.4 Å². The summed E-state index contributed by atoms with van der Waals surface area (Å²) in [6.45, 7) is 3.00. The van der Waals surface area contributed by atoms with Gasteiger partial charge in [0.15, 0.2) is 13.2 Å². The van der Waals surface area contributed by atoms with Crippen LogP contribution < -0.4 is 15.4 Å². The zero-order valence-corrected chi connectivity index (χ0v) is 20.0. The second kappa shape index (κ2) is 11.5. The minimum atomic E-state index is -0.668. The zero-order chi connectivity index (χ0) is 24.7. The van der Waals surface area contributed by atoms with Crippen LogP contribution in [0.4, 0.5) is 11.4 Å². The number of carbonyl (C=O) groups excluding carboxylic acids is 3. The molecule has 3 rings (SSSR count). The SMILES string of the molecule is Cc1ccc(Cl)cc1NC(=O)COC(=O)c1ccc(OCC(=O)Nc2cc(Cl)ccc2C)cc1. The molecule has 3 aromatic rings. The predicted molar refractivity (Wildman–Crippen MR) is 132 cm³/mol. The van der Waals surface area contributed by atoms with Crippen molar-refractivity contribution in [2.75, 3.05) is 23.8 Å². The molecule has 0 aliphatic heterocycles. The molecule has 0 fully saturated rings.